The minimum atomic E-state index is -0.803. The highest BCUT2D eigenvalue weighted by Crippen LogP contribution is 2.36. The minimum absolute atomic E-state index is 0.0747. The maximum absolute atomic E-state index is 15.4. The van der Waals surface area contributed by atoms with Gasteiger partial charge in [-0.05, 0) is 75.1 Å². The zero-order valence-electron chi connectivity index (χ0n) is 25.5. The Balaban J connectivity index is 1.18. The second-order valence-electron chi connectivity index (χ2n) is 11.6. The Morgan fingerprint density at radius 1 is 1.04 bits per heavy atom. The van der Waals surface area contributed by atoms with Crippen LogP contribution in [0.4, 0.5) is 21.6 Å². The van der Waals surface area contributed by atoms with E-state index in [1.54, 1.807) is 24.1 Å². The predicted octanol–water partition coefficient (Wildman–Crippen LogP) is 5.54. The summed E-state index contributed by atoms with van der Waals surface area (Å²) in [5, 5.41) is 6.50. The molecule has 2 fully saturated rings. The standard InChI is InChI=1S/C34H37FN6O4/c1-40-15-12-22(13-16-40)20-45-30-19-28-25(18-29(30)44-2)33(37-21-36-28)39-27-11-10-24(17-26(27)35)38-34(43)32(23-7-4-3-5-8-23)41-14-6-9-31(41)42/h3-5,7-8,10-11,17-19,21-22,32H,6,9,12-16,20H2,1-2H3,(H,38,43)(H,36,37,39). The van der Waals surface area contributed by atoms with Gasteiger partial charge in [0, 0.05) is 30.1 Å². The van der Waals surface area contributed by atoms with Crippen LogP contribution in [0, 0.1) is 11.7 Å². The number of benzene rings is 3. The fourth-order valence-electron chi connectivity index (χ4n) is 5.95. The number of carbonyl (C=O) groups is 2. The summed E-state index contributed by atoms with van der Waals surface area (Å²) in [7, 11) is 3.71. The van der Waals surface area contributed by atoms with Gasteiger partial charge in [-0.1, -0.05) is 30.3 Å². The van der Waals surface area contributed by atoms with Gasteiger partial charge in [-0.3, -0.25) is 9.59 Å². The lowest BCUT2D eigenvalue weighted by molar-refractivity contribution is -0.135. The topological polar surface area (TPSA) is 109 Å². The number of methoxy groups -OCH3 is 1. The molecule has 11 heteroatoms. The van der Waals surface area contributed by atoms with Gasteiger partial charge >= 0.3 is 0 Å². The summed E-state index contributed by atoms with van der Waals surface area (Å²) in [6.45, 7) is 3.21. The fourth-order valence-corrected chi connectivity index (χ4v) is 5.95. The molecule has 6 rings (SSSR count). The van der Waals surface area contributed by atoms with Crippen LogP contribution in [0.5, 0.6) is 11.5 Å². The van der Waals surface area contributed by atoms with Crippen molar-refractivity contribution in [3.63, 3.8) is 0 Å². The lowest BCUT2D eigenvalue weighted by atomic mass is 9.98. The first-order valence-electron chi connectivity index (χ1n) is 15.3. The van der Waals surface area contributed by atoms with E-state index in [9.17, 15) is 9.59 Å². The van der Waals surface area contributed by atoms with Gasteiger partial charge in [0.2, 0.25) is 5.91 Å². The number of hydrogen-bond acceptors (Lipinski definition) is 8. The molecule has 2 N–H and O–H groups in total. The summed E-state index contributed by atoms with van der Waals surface area (Å²) in [5.74, 6) is 0.951. The van der Waals surface area contributed by atoms with Crippen molar-refractivity contribution in [2.45, 2.75) is 31.7 Å². The molecular formula is C34H37FN6O4. The molecule has 3 aromatic carbocycles. The smallest absolute Gasteiger partial charge is 0.251 e. The highest BCUT2D eigenvalue weighted by Gasteiger charge is 2.34. The summed E-state index contributed by atoms with van der Waals surface area (Å²) < 4.78 is 27.2. The number of carbonyl (C=O) groups excluding carboxylic acids is 2. The number of nitrogens with one attached hydrogen (secondary N) is 2. The van der Waals surface area contributed by atoms with Crippen LogP contribution in [0.25, 0.3) is 10.9 Å². The van der Waals surface area contributed by atoms with Gasteiger partial charge in [0.1, 0.15) is 24.0 Å². The molecule has 2 aliphatic heterocycles. The van der Waals surface area contributed by atoms with Crippen LogP contribution in [0.15, 0.2) is 67.0 Å². The zero-order valence-corrected chi connectivity index (χ0v) is 25.5. The van der Waals surface area contributed by atoms with Crippen molar-refractivity contribution < 1.29 is 23.5 Å². The molecule has 0 bridgehead atoms. The van der Waals surface area contributed by atoms with Crippen molar-refractivity contribution in [2.24, 2.45) is 5.92 Å². The molecule has 0 spiro atoms. The van der Waals surface area contributed by atoms with Crippen LogP contribution in [0.3, 0.4) is 0 Å². The number of nitrogens with zero attached hydrogens (tertiary/aromatic N) is 4. The summed E-state index contributed by atoms with van der Waals surface area (Å²) in [6.07, 6.45) is 4.68. The Kier molecular flexibility index (Phi) is 9.06. The molecule has 1 aromatic heterocycles. The van der Waals surface area contributed by atoms with E-state index < -0.39 is 17.8 Å². The van der Waals surface area contributed by atoms with E-state index in [-0.39, 0.29) is 17.3 Å². The molecule has 45 heavy (non-hydrogen) atoms. The maximum atomic E-state index is 15.4. The molecular weight excluding hydrogens is 575 g/mol. The molecule has 3 heterocycles. The number of amides is 2. The Bertz CT molecular complexity index is 1680. The second kappa shape index (κ2) is 13.5. The van der Waals surface area contributed by atoms with Gasteiger partial charge in [-0.15, -0.1) is 0 Å². The quantitative estimate of drug-likeness (QED) is 0.240. The second-order valence-corrected chi connectivity index (χ2v) is 11.6. The van der Waals surface area contributed by atoms with Crippen LogP contribution in [0.1, 0.15) is 37.3 Å². The normalized spacial score (nSPS) is 16.5. The van der Waals surface area contributed by atoms with E-state index in [2.05, 4.69) is 32.5 Å². The van der Waals surface area contributed by atoms with Gasteiger partial charge in [-0.2, -0.15) is 0 Å². The van der Waals surface area contributed by atoms with Crippen LogP contribution >= 0.6 is 0 Å². The van der Waals surface area contributed by atoms with Crippen LogP contribution < -0.4 is 20.1 Å². The molecule has 10 nitrogen and oxygen atoms in total. The summed E-state index contributed by atoms with van der Waals surface area (Å²) in [5.41, 5.74) is 1.77. The number of ether oxygens (including phenoxy) is 2. The summed E-state index contributed by atoms with van der Waals surface area (Å²) in [6, 6.07) is 16.3. The number of rotatable bonds is 10. The third-order valence-electron chi connectivity index (χ3n) is 8.51. The van der Waals surface area contributed by atoms with E-state index in [1.807, 2.05) is 36.4 Å². The van der Waals surface area contributed by atoms with Crippen molar-refractivity contribution in [3.8, 4) is 11.5 Å². The number of halogens is 1. The van der Waals surface area contributed by atoms with E-state index >= 15 is 4.39 Å². The predicted molar refractivity (Wildman–Crippen MR) is 170 cm³/mol. The van der Waals surface area contributed by atoms with Crippen LogP contribution in [-0.2, 0) is 9.59 Å². The lowest BCUT2D eigenvalue weighted by Crippen LogP contribution is -2.38. The Hall–Kier alpha value is -4.77. The number of fused-ring (bicyclic) bond motifs is 1. The van der Waals surface area contributed by atoms with Crippen LogP contribution in [0.2, 0.25) is 0 Å². The summed E-state index contributed by atoms with van der Waals surface area (Å²) in [4.78, 5) is 38.6. The van der Waals surface area contributed by atoms with Gasteiger partial charge in [-0.25, -0.2) is 14.4 Å². The highest BCUT2D eigenvalue weighted by atomic mass is 19.1. The molecule has 2 amide bonds. The largest absolute Gasteiger partial charge is 0.493 e. The molecule has 0 radical (unpaired) electrons. The minimum Gasteiger partial charge on any atom is -0.493 e. The first-order chi connectivity index (χ1) is 21.9. The van der Waals surface area contributed by atoms with E-state index in [0.29, 0.717) is 65.7 Å². The monoisotopic (exact) mass is 612 g/mol. The Morgan fingerprint density at radius 2 is 1.84 bits per heavy atom. The molecule has 2 saturated heterocycles. The number of hydrogen-bond donors (Lipinski definition) is 2. The van der Waals surface area contributed by atoms with E-state index in [1.165, 1.54) is 18.5 Å². The first kappa shape index (κ1) is 30.3. The molecule has 2 aliphatic rings. The van der Waals surface area contributed by atoms with Crippen molar-refractivity contribution >= 4 is 39.9 Å². The van der Waals surface area contributed by atoms with Crippen LogP contribution in [-0.4, -0.2) is 72.0 Å². The van der Waals surface area contributed by atoms with Gasteiger partial charge in [0.05, 0.1) is 24.9 Å². The maximum Gasteiger partial charge on any atom is 0.251 e. The average Bonchev–Trinajstić information content (AvgIpc) is 3.47. The third kappa shape index (κ3) is 6.83. The van der Waals surface area contributed by atoms with Crippen molar-refractivity contribution in [2.75, 3.05) is 51.0 Å². The zero-order chi connectivity index (χ0) is 31.3. The van der Waals surface area contributed by atoms with Crippen molar-refractivity contribution in [1.82, 2.24) is 19.8 Å². The fraction of sp³-hybridized carbons (Fsp3) is 0.353. The molecule has 1 unspecified atom stereocenters. The lowest BCUT2D eigenvalue weighted by Gasteiger charge is -2.28. The Morgan fingerprint density at radius 3 is 2.56 bits per heavy atom. The molecule has 1 atom stereocenters. The Labute approximate surface area is 261 Å². The average molecular weight is 613 g/mol. The number of piperidine rings is 1. The number of aromatic nitrogens is 2. The first-order valence-corrected chi connectivity index (χ1v) is 15.3. The SMILES string of the molecule is COc1cc2c(Nc3ccc(NC(=O)C(c4ccccc4)N4CCCC4=O)cc3F)ncnc2cc1OCC1CCN(C)CC1. The summed E-state index contributed by atoms with van der Waals surface area (Å²) >= 11 is 0. The van der Waals surface area contributed by atoms with E-state index in [4.69, 9.17) is 9.47 Å². The van der Waals surface area contributed by atoms with E-state index in [0.717, 1.165) is 25.9 Å². The molecule has 0 saturated carbocycles. The highest BCUT2D eigenvalue weighted by molar-refractivity contribution is 5.98. The number of likely N-dealkylation sites (tertiary alicyclic amines) is 2. The van der Waals surface area contributed by atoms with Gasteiger partial charge in [0.25, 0.3) is 5.91 Å². The molecule has 0 aliphatic carbocycles. The third-order valence-corrected chi connectivity index (χ3v) is 8.51. The van der Waals surface area contributed by atoms with Crippen molar-refractivity contribution in [3.05, 3.63) is 78.4 Å². The van der Waals surface area contributed by atoms with Gasteiger partial charge < -0.3 is 29.9 Å². The van der Waals surface area contributed by atoms with Gasteiger partial charge in [0.15, 0.2) is 11.5 Å². The molecule has 234 valence electrons. The molecule has 4 aromatic rings. The van der Waals surface area contributed by atoms with Crippen molar-refractivity contribution in [1.29, 1.82) is 0 Å². The number of anilines is 3.